The summed E-state index contributed by atoms with van der Waals surface area (Å²) in [5.74, 6) is -0.665. The van der Waals surface area contributed by atoms with Crippen molar-refractivity contribution in [2.45, 2.75) is 26.2 Å². The third-order valence-corrected chi connectivity index (χ3v) is 5.14. The smallest absolute Gasteiger partial charge is 0.343 e. The van der Waals surface area contributed by atoms with Crippen LogP contribution in [-0.2, 0) is 11.2 Å². The minimum atomic E-state index is -0.582. The van der Waals surface area contributed by atoms with Crippen molar-refractivity contribution in [3.63, 3.8) is 0 Å². The van der Waals surface area contributed by atoms with Gasteiger partial charge in [0.1, 0.15) is 11.6 Å². The van der Waals surface area contributed by atoms with Crippen LogP contribution in [0.15, 0.2) is 59.6 Å². The van der Waals surface area contributed by atoms with Crippen molar-refractivity contribution < 1.29 is 14.3 Å². The summed E-state index contributed by atoms with van der Waals surface area (Å²) < 4.78 is 5.62. The van der Waals surface area contributed by atoms with Crippen LogP contribution >= 0.6 is 0 Å². The Morgan fingerprint density at radius 3 is 2.35 bits per heavy atom. The van der Waals surface area contributed by atoms with Crippen LogP contribution in [0.4, 0.5) is 5.69 Å². The highest BCUT2D eigenvalue weighted by molar-refractivity contribution is 6.01. The van der Waals surface area contributed by atoms with Gasteiger partial charge in [0.15, 0.2) is 5.96 Å². The second-order valence-corrected chi connectivity index (χ2v) is 7.75. The molecule has 9 nitrogen and oxygen atoms in total. The number of anilines is 1. The largest absolute Gasteiger partial charge is 0.423 e. The van der Waals surface area contributed by atoms with Crippen molar-refractivity contribution in [3.8, 4) is 5.75 Å². The molecule has 9 heteroatoms. The summed E-state index contributed by atoms with van der Waals surface area (Å²) in [7, 11) is 0. The number of unbranched alkanes of at least 4 members (excludes halogenated alkanes) is 1. The van der Waals surface area contributed by atoms with Crippen molar-refractivity contribution in [3.05, 3.63) is 71.3 Å². The number of carbonyl (C=O) groups is 2. The Bertz CT molecular complexity index is 1250. The fourth-order valence-corrected chi connectivity index (χ4v) is 3.39. The number of carbonyl (C=O) groups excluding carboxylic acids is 2. The number of ether oxygens (including phenoxy) is 1. The fraction of sp³-hybridized carbons (Fsp3) is 0.200. The number of amidine groups is 1. The van der Waals surface area contributed by atoms with Crippen molar-refractivity contribution in [2.24, 2.45) is 22.2 Å². The lowest BCUT2D eigenvalue weighted by molar-refractivity contribution is -0.117. The molecule has 176 valence electrons. The molecule has 0 aliphatic heterocycles. The molecule has 34 heavy (non-hydrogen) atoms. The number of primary amides is 1. The molecular formula is C25H28N6O3. The van der Waals surface area contributed by atoms with Gasteiger partial charge in [0.05, 0.1) is 12.0 Å². The van der Waals surface area contributed by atoms with Gasteiger partial charge < -0.3 is 27.3 Å². The lowest BCUT2D eigenvalue weighted by Gasteiger charge is -2.13. The number of amides is 1. The van der Waals surface area contributed by atoms with Crippen LogP contribution in [-0.4, -0.2) is 30.2 Å². The number of fused-ring (bicyclic) bond motifs is 1. The zero-order chi connectivity index (χ0) is 24.7. The number of nitrogens with zero attached hydrogens (tertiary/aromatic N) is 1. The van der Waals surface area contributed by atoms with Crippen LogP contribution in [0.3, 0.4) is 0 Å². The third kappa shape index (κ3) is 6.10. The van der Waals surface area contributed by atoms with E-state index < -0.39 is 11.9 Å². The summed E-state index contributed by atoms with van der Waals surface area (Å²) in [6.07, 6.45) is 1.88. The normalized spacial score (nSPS) is 11.3. The highest BCUT2D eigenvalue weighted by Crippen LogP contribution is 2.30. The van der Waals surface area contributed by atoms with E-state index in [1.165, 1.54) is 0 Å². The monoisotopic (exact) mass is 460 g/mol. The third-order valence-electron chi connectivity index (χ3n) is 5.14. The van der Waals surface area contributed by atoms with Crippen LogP contribution in [0.5, 0.6) is 5.75 Å². The highest BCUT2D eigenvalue weighted by atomic mass is 16.5. The molecule has 0 unspecified atom stereocenters. The Kier molecular flexibility index (Phi) is 7.81. The average molecular weight is 461 g/mol. The van der Waals surface area contributed by atoms with E-state index >= 15 is 0 Å². The molecular weight excluding hydrogens is 432 g/mol. The predicted octanol–water partition coefficient (Wildman–Crippen LogP) is 2.90. The maximum absolute atomic E-state index is 12.8. The van der Waals surface area contributed by atoms with Gasteiger partial charge >= 0.3 is 5.97 Å². The van der Waals surface area contributed by atoms with E-state index in [4.69, 9.17) is 27.3 Å². The number of esters is 1. The summed E-state index contributed by atoms with van der Waals surface area (Å²) in [6, 6.07) is 15.1. The molecule has 0 fully saturated rings. The molecule has 0 aliphatic carbocycles. The molecule has 3 aromatic rings. The molecule has 0 aliphatic rings. The molecule has 0 aromatic heterocycles. The summed E-state index contributed by atoms with van der Waals surface area (Å²) in [5.41, 5.74) is 18.9. The highest BCUT2D eigenvalue weighted by Gasteiger charge is 2.16. The van der Waals surface area contributed by atoms with Crippen molar-refractivity contribution in [1.29, 1.82) is 5.41 Å². The molecule has 0 heterocycles. The minimum absolute atomic E-state index is 0.0687. The molecule has 3 aromatic carbocycles. The Morgan fingerprint density at radius 1 is 1.00 bits per heavy atom. The molecule has 0 saturated heterocycles. The lowest BCUT2D eigenvalue weighted by atomic mass is 9.98. The van der Waals surface area contributed by atoms with Crippen LogP contribution < -0.4 is 27.3 Å². The van der Waals surface area contributed by atoms with Gasteiger partial charge in [0, 0.05) is 23.4 Å². The molecule has 1 amide bonds. The van der Waals surface area contributed by atoms with Crippen LogP contribution in [0, 0.1) is 5.41 Å². The van der Waals surface area contributed by atoms with Gasteiger partial charge in [-0.2, -0.15) is 0 Å². The summed E-state index contributed by atoms with van der Waals surface area (Å²) in [4.78, 5) is 28.7. The maximum Gasteiger partial charge on any atom is 0.343 e. The number of benzene rings is 3. The van der Waals surface area contributed by atoms with E-state index in [-0.39, 0.29) is 18.0 Å². The van der Waals surface area contributed by atoms with Crippen molar-refractivity contribution >= 4 is 40.1 Å². The van der Waals surface area contributed by atoms with Crippen molar-refractivity contribution in [1.82, 2.24) is 0 Å². The maximum atomic E-state index is 12.8. The van der Waals surface area contributed by atoms with E-state index in [0.717, 1.165) is 18.2 Å². The van der Waals surface area contributed by atoms with Crippen LogP contribution in [0.1, 0.15) is 41.3 Å². The first-order valence-corrected chi connectivity index (χ1v) is 10.9. The minimum Gasteiger partial charge on any atom is -0.423 e. The van der Waals surface area contributed by atoms with Gasteiger partial charge in [-0.25, -0.2) is 4.79 Å². The van der Waals surface area contributed by atoms with Crippen LogP contribution in [0.2, 0.25) is 0 Å². The van der Waals surface area contributed by atoms with Gasteiger partial charge in [-0.1, -0.05) is 31.5 Å². The van der Waals surface area contributed by atoms with Crippen LogP contribution in [0.25, 0.3) is 10.8 Å². The lowest BCUT2D eigenvalue weighted by Crippen LogP contribution is -2.23. The number of nitrogen functional groups attached to an aromatic ring is 1. The first-order valence-electron chi connectivity index (χ1n) is 10.9. The quantitative estimate of drug-likeness (QED) is 0.108. The number of hydrogen-bond donors (Lipinski definition) is 5. The van der Waals surface area contributed by atoms with Gasteiger partial charge in [-0.15, -0.1) is 0 Å². The van der Waals surface area contributed by atoms with Gasteiger partial charge in [-0.3, -0.25) is 15.2 Å². The number of nitrogens with one attached hydrogen (secondary N) is 2. The summed E-state index contributed by atoms with van der Waals surface area (Å²) in [5, 5.41) is 12.0. The fourth-order valence-electron chi connectivity index (χ4n) is 3.39. The Labute approximate surface area is 197 Å². The number of aliphatic imine (C=N–C) groups is 1. The average Bonchev–Trinajstić information content (AvgIpc) is 2.80. The molecule has 0 bridgehead atoms. The van der Waals surface area contributed by atoms with E-state index in [1.807, 2.05) is 0 Å². The summed E-state index contributed by atoms with van der Waals surface area (Å²) >= 11 is 0. The molecule has 0 saturated carbocycles. The second kappa shape index (κ2) is 11.0. The Balaban J connectivity index is 1.82. The van der Waals surface area contributed by atoms with Crippen molar-refractivity contribution in [2.75, 3.05) is 11.9 Å². The molecule has 3 rings (SSSR count). The molecule has 0 spiro atoms. The zero-order valence-corrected chi connectivity index (χ0v) is 18.9. The molecule has 0 radical (unpaired) electrons. The summed E-state index contributed by atoms with van der Waals surface area (Å²) in [6.45, 7) is 2.73. The van der Waals surface area contributed by atoms with E-state index in [1.54, 1.807) is 54.6 Å². The molecule has 0 atom stereocenters. The topological polar surface area (TPSA) is 170 Å². The second-order valence-electron chi connectivity index (χ2n) is 7.75. The van der Waals surface area contributed by atoms with Gasteiger partial charge in [0.2, 0.25) is 5.91 Å². The number of guanidine groups is 1. The first kappa shape index (κ1) is 24.2. The standard InChI is InChI=1S/C25H28N6O3/c1-2-3-12-30-25(29)31-18-8-4-15(5-9-18)24(33)34-21-11-7-16-13-17(23(27)28)6-10-19(16)20(21)14-22(26)32/h4-11,13H,2-3,12,14H2,1H3,(H2,26,32)(H3,27,28)(H3,29,30,31). The van der Waals surface area contributed by atoms with E-state index in [9.17, 15) is 9.59 Å². The molecule has 8 N–H and O–H groups in total. The Hall–Kier alpha value is -4.40. The number of hydrogen-bond acceptors (Lipinski definition) is 5. The van der Waals surface area contributed by atoms with E-state index in [2.05, 4.69) is 17.2 Å². The Morgan fingerprint density at radius 2 is 1.71 bits per heavy atom. The number of rotatable bonds is 9. The van der Waals surface area contributed by atoms with E-state index in [0.29, 0.717) is 40.3 Å². The van der Waals surface area contributed by atoms with Gasteiger partial charge in [-0.05, 0) is 53.6 Å². The predicted molar refractivity (Wildman–Crippen MR) is 134 cm³/mol. The zero-order valence-electron chi connectivity index (χ0n) is 18.9. The number of nitrogens with two attached hydrogens (primary N) is 3. The first-order chi connectivity index (χ1) is 16.3. The van der Waals surface area contributed by atoms with Gasteiger partial charge in [0.25, 0.3) is 0 Å². The SMILES string of the molecule is CCCCN=C(N)Nc1ccc(C(=O)Oc2ccc3cc(C(=N)N)ccc3c2CC(N)=O)cc1.